The number of carbonyl (C=O) groups excluding carboxylic acids is 2. The Morgan fingerprint density at radius 3 is 2.28 bits per heavy atom. The number of benzene rings is 4. The van der Waals surface area contributed by atoms with Gasteiger partial charge in [-0.3, -0.25) is 9.69 Å². The predicted octanol–water partition coefficient (Wildman–Crippen LogP) is 10.4. The molecule has 0 bridgehead atoms. The Morgan fingerprint density at radius 2 is 1.51 bits per heavy atom. The molecule has 2 N–H and O–H groups in total. The molecule has 0 spiro atoms. The first kappa shape index (κ1) is 38.0. The number of aromatic nitrogens is 3. The fraction of sp³-hybridized carbons (Fsp3) is 0.362. The highest BCUT2D eigenvalue weighted by atomic mass is 16.6. The average Bonchev–Trinajstić information content (AvgIpc) is 3.90. The number of ether oxygens (including phenoxy) is 2. The first-order valence-electron chi connectivity index (χ1n) is 20.2. The number of rotatable bonds is 7. The third-order valence-corrected chi connectivity index (χ3v) is 11.7. The van der Waals surface area contributed by atoms with Crippen LogP contribution in [-0.4, -0.2) is 61.7 Å². The maximum Gasteiger partial charge on any atom is 0.410 e. The quantitative estimate of drug-likeness (QED) is 0.167. The number of carbonyl (C=O) groups is 2. The molecule has 4 aromatic carbocycles. The van der Waals surface area contributed by atoms with E-state index in [0.717, 1.165) is 81.4 Å². The Morgan fingerprint density at radius 1 is 0.825 bits per heavy atom. The van der Waals surface area contributed by atoms with Gasteiger partial charge >= 0.3 is 12.2 Å². The molecule has 0 aliphatic carbocycles. The van der Waals surface area contributed by atoms with Crippen LogP contribution in [0.25, 0.3) is 44.1 Å². The van der Waals surface area contributed by atoms with Crippen LogP contribution in [0.15, 0.2) is 102 Å². The van der Waals surface area contributed by atoms with E-state index in [1.165, 1.54) is 0 Å². The largest absolute Gasteiger partial charge is 0.445 e. The highest BCUT2D eigenvalue weighted by molar-refractivity contribution is 5.92. The van der Waals surface area contributed by atoms with Gasteiger partial charge in [0, 0.05) is 47.8 Å². The predicted molar refractivity (Wildman–Crippen MR) is 224 cm³/mol. The molecule has 4 atom stereocenters. The summed E-state index contributed by atoms with van der Waals surface area (Å²) in [7, 11) is 0. The molecule has 8 rings (SSSR count). The van der Waals surface area contributed by atoms with Crippen LogP contribution in [0.2, 0.25) is 0 Å². The normalized spacial score (nSPS) is 19.2. The van der Waals surface area contributed by atoms with Gasteiger partial charge in [-0.2, -0.15) is 0 Å². The van der Waals surface area contributed by atoms with Gasteiger partial charge < -0.3 is 24.3 Å². The van der Waals surface area contributed by atoms with Gasteiger partial charge in [0.15, 0.2) is 5.43 Å². The fourth-order valence-corrected chi connectivity index (χ4v) is 8.67. The molecule has 4 unspecified atom stereocenters. The Bertz CT molecular complexity index is 2480. The van der Waals surface area contributed by atoms with Crippen molar-refractivity contribution in [2.75, 3.05) is 13.1 Å². The highest BCUT2D eigenvalue weighted by Crippen LogP contribution is 2.37. The van der Waals surface area contributed by atoms with Crippen LogP contribution in [0, 0.1) is 5.92 Å². The van der Waals surface area contributed by atoms with Crippen molar-refractivity contribution in [2.45, 2.75) is 90.5 Å². The molecule has 10 heteroatoms. The topological polar surface area (TPSA) is 121 Å². The van der Waals surface area contributed by atoms with E-state index in [9.17, 15) is 14.4 Å². The average molecular weight is 766 g/mol. The van der Waals surface area contributed by atoms with E-state index >= 15 is 0 Å². The van der Waals surface area contributed by atoms with Gasteiger partial charge in [-0.15, -0.1) is 0 Å². The molecular formula is C47H51N5O5. The van der Waals surface area contributed by atoms with Crippen molar-refractivity contribution >= 4 is 33.9 Å². The number of likely N-dealkylation sites (tertiary alicyclic amines) is 2. The summed E-state index contributed by atoms with van der Waals surface area (Å²) < 4.78 is 11.4. The molecule has 294 valence electrons. The van der Waals surface area contributed by atoms with Crippen molar-refractivity contribution in [3.05, 3.63) is 124 Å². The fourth-order valence-electron chi connectivity index (χ4n) is 8.67. The van der Waals surface area contributed by atoms with Crippen LogP contribution < -0.4 is 5.43 Å². The Hall–Kier alpha value is -5.90. The second-order valence-electron chi connectivity index (χ2n) is 16.7. The minimum absolute atomic E-state index is 0.0377. The number of nitrogens with zero attached hydrogens (tertiary/aromatic N) is 3. The zero-order valence-corrected chi connectivity index (χ0v) is 33.4. The molecule has 10 nitrogen and oxygen atoms in total. The van der Waals surface area contributed by atoms with Crippen molar-refractivity contribution in [1.29, 1.82) is 0 Å². The van der Waals surface area contributed by atoms with Crippen molar-refractivity contribution < 1.29 is 19.1 Å². The van der Waals surface area contributed by atoms with Gasteiger partial charge in [0.05, 0.1) is 23.4 Å². The number of piperidine rings is 1. The van der Waals surface area contributed by atoms with Crippen LogP contribution in [-0.2, 0) is 16.1 Å². The summed E-state index contributed by atoms with van der Waals surface area (Å²) in [5, 5.41) is 2.81. The van der Waals surface area contributed by atoms with Gasteiger partial charge in [-0.05, 0) is 111 Å². The van der Waals surface area contributed by atoms with Crippen LogP contribution in [0.4, 0.5) is 9.59 Å². The highest BCUT2D eigenvalue weighted by Gasteiger charge is 2.37. The summed E-state index contributed by atoms with van der Waals surface area (Å²) in [6.07, 6.45) is 4.83. The first-order valence-corrected chi connectivity index (χ1v) is 20.2. The maximum absolute atomic E-state index is 13.3. The van der Waals surface area contributed by atoms with E-state index in [1.807, 2.05) is 80.4 Å². The molecule has 0 radical (unpaired) electrons. The molecule has 2 saturated heterocycles. The maximum atomic E-state index is 13.3. The minimum Gasteiger partial charge on any atom is -0.445 e. The van der Waals surface area contributed by atoms with Gasteiger partial charge in [-0.1, -0.05) is 67.6 Å². The molecule has 2 aliphatic heterocycles. The number of fused-ring (bicyclic) bond motifs is 2. The van der Waals surface area contributed by atoms with E-state index < -0.39 is 5.60 Å². The monoisotopic (exact) mass is 765 g/mol. The van der Waals surface area contributed by atoms with E-state index in [1.54, 1.807) is 11.0 Å². The molecule has 0 saturated carbocycles. The third-order valence-electron chi connectivity index (χ3n) is 11.7. The van der Waals surface area contributed by atoms with E-state index in [4.69, 9.17) is 14.5 Å². The van der Waals surface area contributed by atoms with Gasteiger partial charge in [0.2, 0.25) is 0 Å². The van der Waals surface area contributed by atoms with Gasteiger partial charge in [0.25, 0.3) is 0 Å². The third kappa shape index (κ3) is 8.04. The van der Waals surface area contributed by atoms with E-state index in [2.05, 4.69) is 60.2 Å². The summed E-state index contributed by atoms with van der Waals surface area (Å²) in [6.45, 7) is 11.5. The summed E-state index contributed by atoms with van der Waals surface area (Å²) in [4.78, 5) is 55.0. The smallest absolute Gasteiger partial charge is 0.410 e. The van der Waals surface area contributed by atoms with E-state index in [0.29, 0.717) is 18.5 Å². The van der Waals surface area contributed by atoms with Gasteiger partial charge in [0.1, 0.15) is 18.0 Å². The Balaban J connectivity index is 0.983. The number of hydrogen-bond donors (Lipinski definition) is 2. The molecular weight excluding hydrogens is 715 g/mol. The number of amides is 2. The zero-order chi connectivity index (χ0) is 39.8. The molecule has 2 amide bonds. The SMILES string of the molecule is CC(c1ncc(-c2ccc3cc(-c4ccc5c(=O)cc(C6CCCN6C(=O)OCc6ccccc6)[nH]c5c4)ccc3c2)[nH]1)C1CCCN(C(=O)OC(C)(C)C)C1C. The number of pyridine rings is 1. The first-order chi connectivity index (χ1) is 27.4. The molecule has 2 fully saturated rings. The lowest BCUT2D eigenvalue weighted by Crippen LogP contribution is -2.49. The number of nitrogens with one attached hydrogen (secondary N) is 2. The van der Waals surface area contributed by atoms with Crippen LogP contribution in [0.1, 0.15) is 89.3 Å². The lowest BCUT2D eigenvalue weighted by atomic mass is 9.80. The number of hydrogen-bond acceptors (Lipinski definition) is 6. The molecule has 2 aromatic heterocycles. The molecule has 6 aromatic rings. The molecule has 2 aliphatic rings. The second kappa shape index (κ2) is 15.6. The number of H-pyrrole nitrogens is 2. The number of aromatic amines is 2. The number of imidazole rings is 1. The molecule has 4 heterocycles. The lowest BCUT2D eigenvalue weighted by Gasteiger charge is -2.41. The van der Waals surface area contributed by atoms with Gasteiger partial charge in [-0.25, -0.2) is 14.6 Å². The zero-order valence-electron chi connectivity index (χ0n) is 33.4. The standard InChI is InChI=1S/C47H51N5O5/c1-29(37-13-9-21-51(30(37)2)46(55)57-47(3,4)5)44-48-27-41(50-44)36-18-17-32-23-33(15-16-34(32)24-36)35-19-20-38-39(25-35)49-40(26-43(38)53)42-14-10-22-52(42)45(54)56-28-31-11-7-6-8-12-31/h6-8,11-12,15-20,23-27,29-30,37,42H,9-10,13-14,21-22,28H2,1-5H3,(H,48,50)(H,49,53). The van der Waals surface area contributed by atoms with Crippen LogP contribution in [0.5, 0.6) is 0 Å². The van der Waals surface area contributed by atoms with Crippen molar-refractivity contribution in [2.24, 2.45) is 5.92 Å². The van der Waals surface area contributed by atoms with Crippen molar-refractivity contribution in [1.82, 2.24) is 24.8 Å². The van der Waals surface area contributed by atoms with Crippen LogP contribution in [0.3, 0.4) is 0 Å². The van der Waals surface area contributed by atoms with Crippen LogP contribution >= 0.6 is 0 Å². The Kier molecular flexibility index (Phi) is 10.4. The summed E-state index contributed by atoms with van der Waals surface area (Å²) in [5.41, 5.74) is 5.81. The summed E-state index contributed by atoms with van der Waals surface area (Å²) in [6, 6.07) is 29.8. The Labute approximate surface area is 333 Å². The second-order valence-corrected chi connectivity index (χ2v) is 16.7. The minimum atomic E-state index is -0.530. The van der Waals surface area contributed by atoms with Crippen molar-refractivity contribution in [3.63, 3.8) is 0 Å². The summed E-state index contributed by atoms with van der Waals surface area (Å²) in [5.74, 6) is 1.31. The van der Waals surface area contributed by atoms with E-state index in [-0.39, 0.29) is 48.1 Å². The van der Waals surface area contributed by atoms with Crippen molar-refractivity contribution in [3.8, 4) is 22.4 Å². The lowest BCUT2D eigenvalue weighted by molar-refractivity contribution is 0.000673. The summed E-state index contributed by atoms with van der Waals surface area (Å²) >= 11 is 0. The molecule has 57 heavy (non-hydrogen) atoms.